The van der Waals surface area contributed by atoms with E-state index in [4.69, 9.17) is 9.47 Å². The van der Waals surface area contributed by atoms with E-state index in [-0.39, 0.29) is 29.5 Å². The van der Waals surface area contributed by atoms with E-state index in [1.54, 1.807) is 6.92 Å². The minimum absolute atomic E-state index is 0.0409. The Kier molecular flexibility index (Phi) is 4.79. The second kappa shape index (κ2) is 5.89. The van der Waals surface area contributed by atoms with Gasteiger partial charge in [-0.25, -0.2) is 4.79 Å². The summed E-state index contributed by atoms with van der Waals surface area (Å²) < 4.78 is 32.9. The molecule has 0 aromatic carbocycles. The molecule has 8 heteroatoms. The van der Waals surface area contributed by atoms with Gasteiger partial charge < -0.3 is 14.0 Å². The zero-order valence-electron chi connectivity index (χ0n) is 9.76. The van der Waals surface area contributed by atoms with Crippen molar-refractivity contribution in [2.45, 2.75) is 18.6 Å². The van der Waals surface area contributed by atoms with Gasteiger partial charge in [-0.2, -0.15) is 5.10 Å². The maximum Gasteiger partial charge on any atom is 0.342 e. The van der Waals surface area contributed by atoms with Crippen molar-refractivity contribution >= 4 is 17.0 Å². The van der Waals surface area contributed by atoms with Crippen molar-refractivity contribution in [1.82, 2.24) is 9.78 Å². The number of nitrogens with zero attached hydrogens (tertiary/aromatic N) is 2. The van der Waals surface area contributed by atoms with Gasteiger partial charge >= 0.3 is 5.97 Å². The molecule has 0 radical (unpaired) electrons. The van der Waals surface area contributed by atoms with Crippen molar-refractivity contribution in [1.29, 1.82) is 0 Å². The Bertz CT molecular complexity index is 443. The van der Waals surface area contributed by atoms with E-state index < -0.39 is 17.0 Å². The summed E-state index contributed by atoms with van der Waals surface area (Å²) >= 11 is -2.56. The first-order valence-electron chi connectivity index (χ1n) is 4.84. The fraction of sp³-hybridized carbons (Fsp3) is 0.556. The van der Waals surface area contributed by atoms with Crippen molar-refractivity contribution in [3.05, 3.63) is 11.3 Å². The van der Waals surface area contributed by atoms with E-state index in [0.29, 0.717) is 0 Å². The summed E-state index contributed by atoms with van der Waals surface area (Å²) in [6, 6.07) is 0. The van der Waals surface area contributed by atoms with Crippen LogP contribution >= 0.6 is 0 Å². The zero-order valence-corrected chi connectivity index (χ0v) is 10.6. The molecule has 0 saturated carbocycles. The van der Waals surface area contributed by atoms with E-state index in [1.807, 2.05) is 0 Å². The minimum Gasteiger partial charge on any atom is -0.767 e. The quantitative estimate of drug-likeness (QED) is 0.546. The predicted octanol–water partition coefficient (Wildman–Crippen LogP) is -0.0188. The predicted molar refractivity (Wildman–Crippen MR) is 57.1 cm³/mol. The molecule has 1 rings (SSSR count). The summed E-state index contributed by atoms with van der Waals surface area (Å²) in [7, 11) is 2.87. The number of ether oxygens (including phenoxy) is 2. The van der Waals surface area contributed by atoms with Gasteiger partial charge in [0.15, 0.2) is 0 Å². The Morgan fingerprint density at radius 1 is 1.59 bits per heavy atom. The fourth-order valence-corrected chi connectivity index (χ4v) is 2.02. The molecule has 0 aliphatic rings. The van der Waals surface area contributed by atoms with Crippen molar-refractivity contribution < 1.29 is 23.0 Å². The maximum atomic E-state index is 11.7. The molecule has 17 heavy (non-hydrogen) atoms. The molecule has 0 spiro atoms. The molecule has 0 saturated heterocycles. The van der Waals surface area contributed by atoms with Crippen LogP contribution in [0.2, 0.25) is 0 Å². The van der Waals surface area contributed by atoms with Gasteiger partial charge in [0.25, 0.3) is 0 Å². The lowest BCUT2D eigenvalue weighted by Gasteiger charge is -2.08. The Morgan fingerprint density at radius 3 is 2.71 bits per heavy atom. The number of rotatable bonds is 5. The van der Waals surface area contributed by atoms with E-state index in [0.717, 1.165) is 4.68 Å². The smallest absolute Gasteiger partial charge is 0.342 e. The average Bonchev–Trinajstić information content (AvgIpc) is 2.56. The minimum atomic E-state index is -2.56. The summed E-state index contributed by atoms with van der Waals surface area (Å²) in [4.78, 5) is 11.7. The van der Waals surface area contributed by atoms with Gasteiger partial charge in [0.05, 0.1) is 13.2 Å². The molecule has 0 aliphatic carbocycles. The number of hydrogen-bond donors (Lipinski definition) is 0. The molecule has 1 atom stereocenters. The number of methoxy groups -OCH3 is 1. The van der Waals surface area contributed by atoms with Crippen LogP contribution < -0.4 is 0 Å². The average molecular weight is 261 g/mol. The molecule has 0 aliphatic heterocycles. The Balaban J connectivity index is 3.29. The van der Waals surface area contributed by atoms with Crippen LogP contribution in [0.25, 0.3) is 0 Å². The number of hydrogen-bond acceptors (Lipinski definition) is 6. The summed E-state index contributed by atoms with van der Waals surface area (Å²) in [5.74, 6) is -0.716. The number of aryl methyl sites for hydroxylation is 1. The zero-order chi connectivity index (χ0) is 13.0. The maximum absolute atomic E-state index is 11.7. The monoisotopic (exact) mass is 261 g/mol. The summed E-state index contributed by atoms with van der Waals surface area (Å²) in [5, 5.41) is 3.72. The third-order valence-corrected chi connectivity index (χ3v) is 2.77. The topological polar surface area (TPSA) is 93.5 Å². The molecular weight excluding hydrogens is 248 g/mol. The van der Waals surface area contributed by atoms with Crippen LogP contribution in [-0.2, 0) is 34.2 Å². The molecule has 7 nitrogen and oxygen atoms in total. The largest absolute Gasteiger partial charge is 0.767 e. The molecule has 1 aromatic heterocycles. The normalized spacial score (nSPS) is 12.5. The van der Waals surface area contributed by atoms with E-state index in [2.05, 4.69) is 5.10 Å². The third kappa shape index (κ3) is 2.90. The highest BCUT2D eigenvalue weighted by Gasteiger charge is 2.24. The van der Waals surface area contributed by atoms with Crippen LogP contribution in [0.3, 0.4) is 0 Å². The van der Waals surface area contributed by atoms with Crippen molar-refractivity contribution in [2.24, 2.45) is 7.05 Å². The van der Waals surface area contributed by atoms with Crippen molar-refractivity contribution in [3.63, 3.8) is 0 Å². The Hall–Kier alpha value is -1.25. The van der Waals surface area contributed by atoms with E-state index in [1.165, 1.54) is 14.2 Å². The number of esters is 1. The molecule has 1 unspecified atom stereocenters. The lowest BCUT2D eigenvalue weighted by molar-refractivity contribution is 0.0516. The van der Waals surface area contributed by atoms with Gasteiger partial charge in [0, 0.05) is 14.2 Å². The first-order valence-corrected chi connectivity index (χ1v) is 5.91. The summed E-state index contributed by atoms with van der Waals surface area (Å²) in [6.45, 7) is 1.84. The second-order valence-corrected chi connectivity index (χ2v) is 3.99. The Labute approximate surface area is 101 Å². The lowest BCUT2D eigenvalue weighted by Crippen LogP contribution is -2.11. The van der Waals surface area contributed by atoms with Crippen LogP contribution in [0.4, 0.5) is 0 Å². The SMILES string of the molecule is CCOC(=O)c1c(COC)nn(C)c1S(=O)[O-]. The van der Waals surface area contributed by atoms with Crippen LogP contribution in [0, 0.1) is 0 Å². The summed E-state index contributed by atoms with van der Waals surface area (Å²) in [6.07, 6.45) is 0. The highest BCUT2D eigenvalue weighted by molar-refractivity contribution is 7.79. The molecule has 0 fully saturated rings. The van der Waals surface area contributed by atoms with Gasteiger partial charge in [0.1, 0.15) is 16.3 Å². The van der Waals surface area contributed by atoms with Gasteiger partial charge in [-0.3, -0.25) is 8.89 Å². The van der Waals surface area contributed by atoms with E-state index in [9.17, 15) is 13.6 Å². The van der Waals surface area contributed by atoms with Gasteiger partial charge in [-0.05, 0) is 18.0 Å². The number of carbonyl (C=O) groups excluding carboxylic acids is 1. The van der Waals surface area contributed by atoms with Crippen LogP contribution in [0.5, 0.6) is 0 Å². The molecular formula is C9H13N2O5S-. The van der Waals surface area contributed by atoms with E-state index >= 15 is 0 Å². The van der Waals surface area contributed by atoms with Crippen molar-refractivity contribution in [2.75, 3.05) is 13.7 Å². The molecule has 0 bridgehead atoms. The van der Waals surface area contributed by atoms with Gasteiger partial charge in [-0.15, -0.1) is 0 Å². The third-order valence-electron chi connectivity index (χ3n) is 1.99. The van der Waals surface area contributed by atoms with Gasteiger partial charge in [-0.1, -0.05) is 0 Å². The highest BCUT2D eigenvalue weighted by atomic mass is 32.2. The first-order chi connectivity index (χ1) is 8.02. The lowest BCUT2D eigenvalue weighted by atomic mass is 10.2. The number of carbonyl (C=O) groups is 1. The molecule has 0 N–H and O–H groups in total. The standard InChI is InChI=1S/C9H14N2O5S/c1-4-16-9(12)7-6(5-15-3)10-11(2)8(7)17(13)14/h4-5H2,1-3H3,(H,13,14)/p-1. The van der Waals surface area contributed by atoms with Crippen LogP contribution in [-0.4, -0.2) is 38.2 Å². The van der Waals surface area contributed by atoms with Crippen LogP contribution in [0.1, 0.15) is 23.0 Å². The summed E-state index contributed by atoms with van der Waals surface area (Å²) in [5.41, 5.74) is 0.178. The van der Waals surface area contributed by atoms with Crippen LogP contribution in [0.15, 0.2) is 5.03 Å². The first kappa shape index (κ1) is 13.8. The Morgan fingerprint density at radius 2 is 2.24 bits per heavy atom. The second-order valence-electron chi connectivity index (χ2n) is 3.14. The molecule has 0 amide bonds. The molecule has 1 aromatic rings. The van der Waals surface area contributed by atoms with Gasteiger partial charge in [0.2, 0.25) is 0 Å². The molecule has 96 valence electrons. The highest BCUT2D eigenvalue weighted by Crippen LogP contribution is 2.18. The van der Waals surface area contributed by atoms with Crippen molar-refractivity contribution in [3.8, 4) is 0 Å². The number of aromatic nitrogens is 2. The fourth-order valence-electron chi connectivity index (χ4n) is 1.40. The molecule has 1 heterocycles.